The van der Waals surface area contributed by atoms with Crippen LogP contribution < -0.4 is 16.4 Å². The van der Waals surface area contributed by atoms with E-state index < -0.39 is 0 Å². The van der Waals surface area contributed by atoms with Crippen molar-refractivity contribution in [3.8, 4) is 22.3 Å². The number of nitro benzene ring substituents is 1. The van der Waals surface area contributed by atoms with Crippen molar-refractivity contribution >= 4 is 57.2 Å². The fourth-order valence-electron chi connectivity index (χ4n) is 3.23. The highest BCUT2D eigenvalue weighted by Crippen LogP contribution is 2.35. The van der Waals surface area contributed by atoms with Crippen molar-refractivity contribution in [1.29, 1.82) is 0 Å². The summed E-state index contributed by atoms with van der Waals surface area (Å²) in [5, 5.41) is 12.4. The third kappa shape index (κ3) is 2.98. The molecular formula is C18H15B3ClNO2. The Labute approximate surface area is 154 Å². The molecule has 0 aliphatic heterocycles. The molecule has 0 unspecified atom stereocenters. The van der Waals surface area contributed by atoms with E-state index in [1.54, 1.807) is 7.85 Å². The summed E-state index contributed by atoms with van der Waals surface area (Å²) in [5.74, 6) is 0. The molecule has 0 aromatic heterocycles. The van der Waals surface area contributed by atoms with E-state index in [0.717, 1.165) is 27.6 Å². The first-order valence-corrected chi connectivity index (χ1v) is 8.39. The van der Waals surface area contributed by atoms with E-state index in [9.17, 15) is 10.1 Å². The average molecular weight is 345 g/mol. The van der Waals surface area contributed by atoms with E-state index in [2.05, 4.69) is 0 Å². The molecule has 3 aromatic rings. The quantitative estimate of drug-likeness (QED) is 0.391. The van der Waals surface area contributed by atoms with E-state index in [0.29, 0.717) is 16.0 Å². The van der Waals surface area contributed by atoms with Gasteiger partial charge in [-0.2, -0.15) is 0 Å². The maximum absolute atomic E-state index is 11.8. The van der Waals surface area contributed by atoms with Crippen LogP contribution in [0.1, 0.15) is 0 Å². The summed E-state index contributed by atoms with van der Waals surface area (Å²) in [4.78, 5) is 11.5. The maximum Gasteiger partial charge on any atom is 0.269 e. The minimum atomic E-state index is -0.303. The average Bonchev–Trinajstić information content (AvgIpc) is 2.63. The van der Waals surface area contributed by atoms with Crippen molar-refractivity contribution in [2.75, 3.05) is 0 Å². The number of hydrogen-bond donors (Lipinski definition) is 0. The second kappa shape index (κ2) is 6.81. The SMILES string of the molecule is Bc1c(B)c([N+](=O)[O-])c(-c2ccccc2-c2ccccc2)c(B)c1Cl. The third-order valence-corrected chi connectivity index (χ3v) is 5.22. The van der Waals surface area contributed by atoms with Crippen molar-refractivity contribution in [1.82, 2.24) is 0 Å². The van der Waals surface area contributed by atoms with Gasteiger partial charge in [0.1, 0.15) is 23.5 Å². The number of hydrogen-bond acceptors (Lipinski definition) is 2. The van der Waals surface area contributed by atoms with Crippen LogP contribution in [-0.4, -0.2) is 28.5 Å². The summed E-state index contributed by atoms with van der Waals surface area (Å²) in [6.45, 7) is 0. The molecule has 0 aliphatic carbocycles. The first kappa shape index (κ1) is 17.4. The van der Waals surface area contributed by atoms with Crippen LogP contribution in [0, 0.1) is 10.1 Å². The van der Waals surface area contributed by atoms with Crippen LogP contribution in [0.25, 0.3) is 22.3 Å². The van der Waals surface area contributed by atoms with E-state index in [1.807, 2.05) is 70.3 Å². The summed E-state index contributed by atoms with van der Waals surface area (Å²) < 4.78 is 0. The molecule has 0 amide bonds. The Bertz CT molecular complexity index is 978. The largest absolute Gasteiger partial charge is 0.269 e. The molecule has 0 spiro atoms. The van der Waals surface area contributed by atoms with Crippen LogP contribution in [0.4, 0.5) is 5.69 Å². The molecule has 25 heavy (non-hydrogen) atoms. The molecule has 0 saturated carbocycles. The van der Waals surface area contributed by atoms with Crippen molar-refractivity contribution in [2.45, 2.75) is 0 Å². The monoisotopic (exact) mass is 345 g/mol. The maximum atomic E-state index is 11.8. The lowest BCUT2D eigenvalue weighted by Gasteiger charge is -2.17. The van der Waals surface area contributed by atoms with E-state index in [4.69, 9.17) is 11.6 Å². The Hall–Kier alpha value is -2.46. The van der Waals surface area contributed by atoms with Crippen molar-refractivity contribution < 1.29 is 4.92 Å². The van der Waals surface area contributed by atoms with Gasteiger partial charge in [-0.3, -0.25) is 10.1 Å². The van der Waals surface area contributed by atoms with Gasteiger partial charge in [-0.15, -0.1) is 0 Å². The highest BCUT2D eigenvalue weighted by molar-refractivity contribution is 6.61. The second-order valence-corrected chi connectivity index (χ2v) is 6.46. The van der Waals surface area contributed by atoms with Crippen LogP contribution in [0.5, 0.6) is 0 Å². The first-order valence-electron chi connectivity index (χ1n) is 8.02. The Morgan fingerprint density at radius 3 is 1.96 bits per heavy atom. The Balaban J connectivity index is 2.42. The number of benzene rings is 3. The molecule has 0 fully saturated rings. The molecule has 7 heteroatoms. The Morgan fingerprint density at radius 2 is 1.36 bits per heavy atom. The molecule has 3 rings (SSSR count). The molecule has 120 valence electrons. The molecule has 0 saturated heterocycles. The van der Waals surface area contributed by atoms with Crippen LogP contribution in [-0.2, 0) is 0 Å². The highest BCUT2D eigenvalue weighted by atomic mass is 35.5. The molecule has 0 bridgehead atoms. The zero-order chi connectivity index (χ0) is 18.1. The molecule has 0 aliphatic rings. The topological polar surface area (TPSA) is 43.1 Å². The van der Waals surface area contributed by atoms with Gasteiger partial charge in [-0.25, -0.2) is 0 Å². The summed E-state index contributed by atoms with van der Waals surface area (Å²) in [6, 6.07) is 17.6. The van der Waals surface area contributed by atoms with Crippen LogP contribution >= 0.6 is 11.6 Å². The van der Waals surface area contributed by atoms with Gasteiger partial charge >= 0.3 is 0 Å². The zero-order valence-corrected chi connectivity index (χ0v) is 15.1. The molecule has 0 atom stereocenters. The molecular weight excluding hydrogens is 330 g/mol. The highest BCUT2D eigenvalue weighted by Gasteiger charge is 2.26. The second-order valence-electron chi connectivity index (χ2n) is 6.08. The molecule has 3 nitrogen and oxygen atoms in total. The van der Waals surface area contributed by atoms with Crippen LogP contribution in [0.2, 0.25) is 5.02 Å². The zero-order valence-electron chi connectivity index (χ0n) is 14.3. The number of nitrogens with zero attached hydrogens (tertiary/aromatic N) is 1. The first-order chi connectivity index (χ1) is 11.9. The van der Waals surface area contributed by atoms with Gasteiger partial charge in [0, 0.05) is 5.02 Å². The standard InChI is InChI=1S/C18H15B3ClNO2/c19-14-13(18(23(24)25)16(21)15(20)17(14)22)12-9-5-4-8-11(12)10-6-2-1-3-7-10/h1-9H,19-21H2. The van der Waals surface area contributed by atoms with Gasteiger partial charge in [0.05, 0.1) is 10.5 Å². The fraction of sp³-hybridized carbons (Fsp3) is 0. The van der Waals surface area contributed by atoms with Crippen molar-refractivity contribution in [3.63, 3.8) is 0 Å². The van der Waals surface area contributed by atoms with Gasteiger partial charge in [0.2, 0.25) is 0 Å². The number of nitro groups is 1. The Kier molecular flexibility index (Phi) is 4.73. The lowest BCUT2D eigenvalue weighted by molar-refractivity contribution is -0.382. The normalized spacial score (nSPS) is 10.6. The van der Waals surface area contributed by atoms with E-state index in [1.165, 1.54) is 0 Å². The Morgan fingerprint density at radius 1 is 0.800 bits per heavy atom. The van der Waals surface area contributed by atoms with Gasteiger partial charge in [-0.1, -0.05) is 77.1 Å². The number of halogens is 1. The van der Waals surface area contributed by atoms with Crippen LogP contribution in [0.15, 0.2) is 54.6 Å². The van der Waals surface area contributed by atoms with Gasteiger partial charge in [0.15, 0.2) is 0 Å². The predicted octanol–water partition coefficient (Wildman–Crippen LogP) is 0.357. The fourth-order valence-corrected chi connectivity index (χ4v) is 3.46. The summed E-state index contributed by atoms with van der Waals surface area (Å²) in [5.41, 5.74) is 5.61. The number of rotatable bonds is 3. The summed E-state index contributed by atoms with van der Waals surface area (Å²) in [7, 11) is 5.43. The smallest absolute Gasteiger partial charge is 0.258 e. The summed E-state index contributed by atoms with van der Waals surface area (Å²) >= 11 is 6.49. The lowest BCUT2D eigenvalue weighted by atomic mass is 9.71. The minimum absolute atomic E-state index is 0.128. The minimum Gasteiger partial charge on any atom is -0.258 e. The van der Waals surface area contributed by atoms with Crippen LogP contribution in [0.3, 0.4) is 0 Å². The van der Waals surface area contributed by atoms with Gasteiger partial charge in [-0.05, 0) is 22.2 Å². The third-order valence-electron chi connectivity index (χ3n) is 4.65. The van der Waals surface area contributed by atoms with Gasteiger partial charge < -0.3 is 0 Å². The lowest BCUT2D eigenvalue weighted by Crippen LogP contribution is -2.35. The molecule has 0 heterocycles. The predicted molar refractivity (Wildman–Crippen MR) is 114 cm³/mol. The summed E-state index contributed by atoms with van der Waals surface area (Å²) in [6.07, 6.45) is 0. The van der Waals surface area contributed by atoms with Crippen molar-refractivity contribution in [3.05, 3.63) is 69.7 Å². The van der Waals surface area contributed by atoms with E-state index >= 15 is 0 Å². The van der Waals surface area contributed by atoms with Crippen molar-refractivity contribution in [2.24, 2.45) is 0 Å². The molecule has 0 radical (unpaired) electrons. The van der Waals surface area contributed by atoms with Gasteiger partial charge in [0.25, 0.3) is 5.69 Å². The molecule has 0 N–H and O–H groups in total. The van der Waals surface area contributed by atoms with E-state index in [-0.39, 0.29) is 10.6 Å². The molecule has 3 aromatic carbocycles.